The van der Waals surface area contributed by atoms with E-state index in [1.165, 1.54) is 16.2 Å². The van der Waals surface area contributed by atoms with Gasteiger partial charge in [-0.1, -0.05) is 0 Å². The smallest absolute Gasteiger partial charge is 0.319 e. The molecule has 0 spiro atoms. The van der Waals surface area contributed by atoms with Crippen molar-refractivity contribution in [2.45, 2.75) is 0 Å². The molecule has 0 saturated carbocycles. The molecule has 5 heteroatoms. The number of nitrogens with two attached hydrogens (primary N) is 1. The Labute approximate surface area is 76.9 Å². The van der Waals surface area contributed by atoms with Gasteiger partial charge in [0.2, 0.25) is 0 Å². The van der Waals surface area contributed by atoms with Crippen LogP contribution in [0.15, 0.2) is 15.9 Å². The minimum Gasteiger partial charge on any atom is -0.351 e. The van der Waals surface area contributed by atoms with Crippen LogP contribution in [0.1, 0.15) is 0 Å². The molecular formula is C6H7BrN2OS. The summed E-state index contributed by atoms with van der Waals surface area (Å²) >= 11 is 4.76. The van der Waals surface area contributed by atoms with Crippen LogP contribution >= 0.6 is 27.3 Å². The van der Waals surface area contributed by atoms with Crippen LogP contribution in [0.5, 0.6) is 0 Å². The monoisotopic (exact) mass is 234 g/mol. The van der Waals surface area contributed by atoms with Crippen LogP contribution in [0.25, 0.3) is 0 Å². The molecule has 0 aliphatic carbocycles. The molecule has 3 nitrogen and oxygen atoms in total. The molecule has 1 rings (SSSR count). The fourth-order valence-electron chi connectivity index (χ4n) is 0.594. The van der Waals surface area contributed by atoms with Crippen LogP contribution in [0, 0.1) is 0 Å². The van der Waals surface area contributed by atoms with Crippen molar-refractivity contribution in [3.05, 3.63) is 15.9 Å². The predicted octanol–water partition coefficient (Wildman–Crippen LogP) is 2.03. The molecule has 0 radical (unpaired) electrons. The van der Waals surface area contributed by atoms with Gasteiger partial charge < -0.3 is 5.73 Å². The third kappa shape index (κ3) is 1.94. The normalized spacial score (nSPS) is 9.64. The van der Waals surface area contributed by atoms with Crippen molar-refractivity contribution in [1.82, 2.24) is 0 Å². The van der Waals surface area contributed by atoms with Crippen molar-refractivity contribution in [3.8, 4) is 0 Å². The number of hydrogen-bond donors (Lipinski definition) is 1. The summed E-state index contributed by atoms with van der Waals surface area (Å²) in [5, 5.41) is 0.837. The van der Waals surface area contributed by atoms with Gasteiger partial charge in [0.15, 0.2) is 0 Å². The summed E-state index contributed by atoms with van der Waals surface area (Å²) in [6, 6.07) is 3.26. The van der Waals surface area contributed by atoms with Crippen LogP contribution in [-0.4, -0.2) is 13.1 Å². The molecule has 0 fully saturated rings. The molecule has 0 saturated heterocycles. The Morgan fingerprint density at radius 3 is 2.73 bits per heavy atom. The van der Waals surface area contributed by atoms with Crippen molar-refractivity contribution in [3.63, 3.8) is 0 Å². The summed E-state index contributed by atoms with van der Waals surface area (Å²) in [5.74, 6) is 0. The minimum atomic E-state index is -0.445. The third-order valence-corrected chi connectivity index (χ3v) is 2.92. The number of halogens is 1. The highest BCUT2D eigenvalue weighted by Gasteiger charge is 2.07. The van der Waals surface area contributed by atoms with E-state index in [2.05, 4.69) is 15.9 Å². The molecule has 0 aliphatic heterocycles. The van der Waals surface area contributed by atoms with Gasteiger partial charge in [-0.3, -0.25) is 4.90 Å². The molecule has 0 bridgehead atoms. The zero-order valence-corrected chi connectivity index (χ0v) is 8.28. The largest absolute Gasteiger partial charge is 0.351 e. The first-order valence-electron chi connectivity index (χ1n) is 2.90. The Morgan fingerprint density at radius 2 is 2.36 bits per heavy atom. The first kappa shape index (κ1) is 8.55. The molecule has 11 heavy (non-hydrogen) atoms. The summed E-state index contributed by atoms with van der Waals surface area (Å²) < 4.78 is 0.987. The highest BCUT2D eigenvalue weighted by atomic mass is 79.9. The van der Waals surface area contributed by atoms with Gasteiger partial charge in [0, 0.05) is 7.05 Å². The maximum absolute atomic E-state index is 10.6. The quantitative estimate of drug-likeness (QED) is 0.795. The van der Waals surface area contributed by atoms with E-state index < -0.39 is 6.03 Å². The van der Waals surface area contributed by atoms with Crippen molar-refractivity contribution < 1.29 is 4.79 Å². The first-order valence-corrected chi connectivity index (χ1v) is 4.50. The van der Waals surface area contributed by atoms with E-state index in [9.17, 15) is 4.79 Å². The van der Waals surface area contributed by atoms with E-state index in [1.54, 1.807) is 7.05 Å². The lowest BCUT2D eigenvalue weighted by molar-refractivity contribution is 0.255. The summed E-state index contributed by atoms with van der Waals surface area (Å²) in [5.41, 5.74) is 5.06. The molecule has 2 amide bonds. The summed E-state index contributed by atoms with van der Waals surface area (Å²) in [6.45, 7) is 0. The van der Waals surface area contributed by atoms with E-state index in [4.69, 9.17) is 5.73 Å². The lowest BCUT2D eigenvalue weighted by Crippen LogP contribution is -2.30. The number of hydrogen-bond acceptors (Lipinski definition) is 2. The highest BCUT2D eigenvalue weighted by molar-refractivity contribution is 9.11. The average Bonchev–Trinajstić information content (AvgIpc) is 2.34. The Balaban J connectivity index is 2.84. The Kier molecular flexibility index (Phi) is 2.51. The van der Waals surface area contributed by atoms with Gasteiger partial charge in [-0.25, -0.2) is 4.79 Å². The molecule has 2 N–H and O–H groups in total. The number of urea groups is 1. The van der Waals surface area contributed by atoms with Gasteiger partial charge in [-0.05, 0) is 28.1 Å². The zero-order chi connectivity index (χ0) is 8.43. The van der Waals surface area contributed by atoms with E-state index >= 15 is 0 Å². The number of carbonyl (C=O) groups excluding carboxylic acids is 1. The maximum atomic E-state index is 10.6. The summed E-state index contributed by atoms with van der Waals surface area (Å²) in [4.78, 5) is 12.0. The molecule has 60 valence electrons. The fraction of sp³-hybridized carbons (Fsp3) is 0.167. The molecule has 1 aromatic rings. The number of carbonyl (C=O) groups is 1. The second kappa shape index (κ2) is 3.23. The number of anilines is 1. The number of amides is 2. The summed E-state index contributed by atoms with van der Waals surface area (Å²) in [6.07, 6.45) is 0. The third-order valence-electron chi connectivity index (χ3n) is 1.22. The van der Waals surface area contributed by atoms with Crippen LogP contribution in [-0.2, 0) is 0 Å². The van der Waals surface area contributed by atoms with E-state index in [0.717, 1.165) is 8.79 Å². The lowest BCUT2D eigenvalue weighted by atomic mass is 10.6. The molecule has 0 aliphatic rings. The highest BCUT2D eigenvalue weighted by Crippen LogP contribution is 2.28. The van der Waals surface area contributed by atoms with Gasteiger partial charge in [-0.2, -0.15) is 0 Å². The molecule has 0 atom stereocenters. The lowest BCUT2D eigenvalue weighted by Gasteiger charge is -2.09. The summed E-state index contributed by atoms with van der Waals surface area (Å²) in [7, 11) is 1.64. The van der Waals surface area contributed by atoms with E-state index in [-0.39, 0.29) is 0 Å². The van der Waals surface area contributed by atoms with Crippen molar-refractivity contribution in [2.24, 2.45) is 5.73 Å². The van der Waals surface area contributed by atoms with Crippen LogP contribution in [0.4, 0.5) is 9.80 Å². The van der Waals surface area contributed by atoms with Gasteiger partial charge in [0.25, 0.3) is 0 Å². The van der Waals surface area contributed by atoms with Crippen molar-refractivity contribution >= 4 is 38.3 Å². The SMILES string of the molecule is CN(C(N)=O)c1ccc(Br)s1. The average molecular weight is 235 g/mol. The van der Waals surface area contributed by atoms with Gasteiger partial charge in [0.1, 0.15) is 0 Å². The maximum Gasteiger partial charge on any atom is 0.319 e. The van der Waals surface area contributed by atoms with E-state index in [0.29, 0.717) is 0 Å². The standard InChI is InChI=1S/C6H7BrN2OS/c1-9(6(8)10)5-3-2-4(7)11-5/h2-3H,1H3,(H2,8,10). The van der Waals surface area contributed by atoms with Crippen LogP contribution in [0.2, 0.25) is 0 Å². The molecule has 0 unspecified atom stereocenters. The Bertz CT molecular complexity index is 273. The second-order valence-corrected chi connectivity index (χ2v) is 4.42. The predicted molar refractivity (Wildman–Crippen MR) is 50.0 cm³/mol. The number of rotatable bonds is 1. The minimum absolute atomic E-state index is 0.445. The molecule has 0 aromatic carbocycles. The Morgan fingerprint density at radius 1 is 1.73 bits per heavy atom. The molecule has 1 heterocycles. The van der Waals surface area contributed by atoms with Crippen LogP contribution < -0.4 is 10.6 Å². The topological polar surface area (TPSA) is 46.3 Å². The van der Waals surface area contributed by atoms with Gasteiger partial charge in [0.05, 0.1) is 8.79 Å². The molecule has 1 aromatic heterocycles. The second-order valence-electron chi connectivity index (χ2n) is 1.97. The fourth-order valence-corrected chi connectivity index (χ4v) is 1.92. The Hall–Kier alpha value is -0.550. The zero-order valence-electron chi connectivity index (χ0n) is 5.87. The van der Waals surface area contributed by atoms with Crippen LogP contribution in [0.3, 0.4) is 0 Å². The number of nitrogens with zero attached hydrogens (tertiary/aromatic N) is 1. The van der Waals surface area contributed by atoms with Gasteiger partial charge >= 0.3 is 6.03 Å². The number of primary amides is 1. The van der Waals surface area contributed by atoms with Crippen molar-refractivity contribution in [2.75, 3.05) is 11.9 Å². The number of thiophene rings is 1. The molecular weight excluding hydrogens is 228 g/mol. The van der Waals surface area contributed by atoms with Gasteiger partial charge in [-0.15, -0.1) is 11.3 Å². The van der Waals surface area contributed by atoms with Crippen molar-refractivity contribution in [1.29, 1.82) is 0 Å². The van der Waals surface area contributed by atoms with E-state index in [1.807, 2.05) is 12.1 Å². The first-order chi connectivity index (χ1) is 5.11.